The summed E-state index contributed by atoms with van der Waals surface area (Å²) in [5.41, 5.74) is 27.3. The van der Waals surface area contributed by atoms with Crippen molar-refractivity contribution in [2.24, 2.45) is 0 Å². The lowest BCUT2D eigenvalue weighted by atomic mass is 9.86. The highest BCUT2D eigenvalue weighted by Crippen LogP contribution is 2.55. The normalized spacial score (nSPS) is 11.3. The molecule has 0 aliphatic rings. The standard InChI is InChI=1S/C100H68N2/c1-6-28-69(29-7-1)71-52-54-72(55-53-71)73-60-63-83(64-61-73)101(82-39-14-5-15-40-82)99-93-50-24-19-45-88(93)86-43-17-22-48-91(86)97(99)77-58-56-74(57-59-77)78-36-26-37-79(66-78)81-62-65-96(95(68-81)76-34-12-4-13-35-76)102(84-41-27-38-80(67-84)70-30-8-2-9-31-70)100-94-51-25-20-46-89(94)87-44-18-23-49-92(87)98(100)90-47-21-16-42-85(90)75-32-10-3-11-33-75/h1-68H. The zero-order valence-corrected chi connectivity index (χ0v) is 56.2. The minimum absolute atomic E-state index is 1.05. The van der Waals surface area contributed by atoms with E-state index < -0.39 is 0 Å². The average Bonchev–Trinajstić information content (AvgIpc) is 0.727. The topological polar surface area (TPSA) is 6.48 Å². The second-order valence-electron chi connectivity index (χ2n) is 26.2. The van der Waals surface area contributed by atoms with Gasteiger partial charge in [0.1, 0.15) is 0 Å². The second-order valence-corrected chi connectivity index (χ2v) is 26.2. The van der Waals surface area contributed by atoms with Gasteiger partial charge in [0.25, 0.3) is 0 Å². The molecule has 18 aromatic carbocycles. The maximum atomic E-state index is 2.56. The molecule has 0 aromatic heterocycles. The number of para-hydroxylation sites is 1. The van der Waals surface area contributed by atoms with Crippen LogP contribution in [0.5, 0.6) is 0 Å². The predicted octanol–water partition coefficient (Wildman–Crippen LogP) is 28.2. The first-order valence-corrected chi connectivity index (χ1v) is 35.1. The molecule has 102 heavy (non-hydrogen) atoms. The van der Waals surface area contributed by atoms with Gasteiger partial charge in [-0.15, -0.1) is 0 Å². The number of hydrogen-bond acceptors (Lipinski definition) is 2. The molecule has 0 bridgehead atoms. The Labute approximate surface area is 595 Å². The molecule has 0 aliphatic heterocycles. The third-order valence-corrected chi connectivity index (χ3v) is 20.2. The van der Waals surface area contributed by atoms with Crippen molar-refractivity contribution in [3.05, 3.63) is 413 Å². The summed E-state index contributed by atoms with van der Waals surface area (Å²) in [6.45, 7) is 0. The lowest BCUT2D eigenvalue weighted by Crippen LogP contribution is -2.14. The number of fused-ring (bicyclic) bond motifs is 6. The molecule has 0 N–H and O–H groups in total. The van der Waals surface area contributed by atoms with E-state index >= 15 is 0 Å². The summed E-state index contributed by atoms with van der Waals surface area (Å²) in [5, 5.41) is 9.55. The molecule has 0 radical (unpaired) electrons. The van der Waals surface area contributed by atoms with Crippen LogP contribution in [0, 0.1) is 0 Å². The van der Waals surface area contributed by atoms with Crippen molar-refractivity contribution < 1.29 is 0 Å². The van der Waals surface area contributed by atoms with E-state index in [0.717, 1.165) is 101 Å². The molecular formula is C100H68N2. The molecule has 2 heteroatoms. The fourth-order valence-corrected chi connectivity index (χ4v) is 15.4. The van der Waals surface area contributed by atoms with Crippen molar-refractivity contribution in [2.45, 2.75) is 0 Å². The fraction of sp³-hybridized carbons (Fsp3) is 0. The molecule has 0 atom stereocenters. The Hall–Kier alpha value is -13.4. The molecule has 0 fully saturated rings. The van der Waals surface area contributed by atoms with Crippen LogP contribution in [-0.2, 0) is 0 Å². The van der Waals surface area contributed by atoms with Gasteiger partial charge in [-0.1, -0.05) is 358 Å². The Morgan fingerprint density at radius 2 is 0.441 bits per heavy atom. The smallest absolute Gasteiger partial charge is 0.0625 e. The summed E-state index contributed by atoms with van der Waals surface area (Å²) in [7, 11) is 0. The van der Waals surface area contributed by atoms with Crippen molar-refractivity contribution in [1.29, 1.82) is 0 Å². The van der Waals surface area contributed by atoms with Gasteiger partial charge in [-0.2, -0.15) is 0 Å². The van der Waals surface area contributed by atoms with Crippen LogP contribution in [0.3, 0.4) is 0 Å². The van der Waals surface area contributed by atoms with Crippen LogP contribution < -0.4 is 9.80 Å². The molecule has 0 amide bonds. The van der Waals surface area contributed by atoms with Gasteiger partial charge in [-0.25, -0.2) is 0 Å². The van der Waals surface area contributed by atoms with E-state index in [1.807, 2.05) is 0 Å². The van der Waals surface area contributed by atoms with Gasteiger partial charge >= 0.3 is 0 Å². The molecule has 0 heterocycles. The van der Waals surface area contributed by atoms with E-state index in [4.69, 9.17) is 0 Å². The Morgan fingerprint density at radius 1 is 0.137 bits per heavy atom. The molecule has 0 aliphatic carbocycles. The zero-order valence-electron chi connectivity index (χ0n) is 56.2. The van der Waals surface area contributed by atoms with Gasteiger partial charge in [0.2, 0.25) is 0 Å². The maximum absolute atomic E-state index is 2.56. The van der Waals surface area contributed by atoms with Gasteiger partial charge in [0.05, 0.1) is 17.1 Å². The van der Waals surface area contributed by atoms with E-state index in [2.05, 4.69) is 422 Å². The van der Waals surface area contributed by atoms with Gasteiger partial charge in [-0.05, 0) is 170 Å². The van der Waals surface area contributed by atoms with E-state index in [1.165, 1.54) is 76.6 Å². The van der Waals surface area contributed by atoms with Crippen molar-refractivity contribution in [2.75, 3.05) is 9.80 Å². The summed E-state index contributed by atoms with van der Waals surface area (Å²) < 4.78 is 0. The highest BCUT2D eigenvalue weighted by atomic mass is 15.2. The van der Waals surface area contributed by atoms with Gasteiger partial charge in [0, 0.05) is 44.5 Å². The summed E-state index contributed by atoms with van der Waals surface area (Å²) in [4.78, 5) is 5.03. The van der Waals surface area contributed by atoms with Gasteiger partial charge in [0.15, 0.2) is 0 Å². The van der Waals surface area contributed by atoms with Gasteiger partial charge < -0.3 is 9.80 Å². The third kappa shape index (κ3) is 11.3. The molecule has 0 saturated heterocycles. The largest absolute Gasteiger partial charge is 0.309 e. The number of benzene rings is 18. The minimum atomic E-state index is 1.05. The van der Waals surface area contributed by atoms with Crippen LogP contribution in [-0.4, -0.2) is 0 Å². The summed E-state index contributed by atoms with van der Waals surface area (Å²) in [6.07, 6.45) is 0. The van der Waals surface area contributed by atoms with E-state index in [-0.39, 0.29) is 0 Å². The number of rotatable bonds is 15. The second kappa shape index (κ2) is 26.8. The van der Waals surface area contributed by atoms with Crippen LogP contribution in [0.25, 0.3) is 143 Å². The summed E-state index contributed by atoms with van der Waals surface area (Å²) >= 11 is 0. The quantitative estimate of drug-likeness (QED) is 0.0944. The van der Waals surface area contributed by atoms with Crippen LogP contribution in [0.1, 0.15) is 0 Å². The number of anilines is 6. The lowest BCUT2D eigenvalue weighted by molar-refractivity contribution is 1.30. The lowest BCUT2D eigenvalue weighted by Gasteiger charge is -2.33. The van der Waals surface area contributed by atoms with E-state index in [9.17, 15) is 0 Å². The zero-order chi connectivity index (χ0) is 67.7. The van der Waals surface area contributed by atoms with Crippen molar-refractivity contribution in [1.82, 2.24) is 0 Å². The van der Waals surface area contributed by atoms with E-state index in [1.54, 1.807) is 0 Å². The number of nitrogens with zero attached hydrogens (tertiary/aromatic N) is 2. The Morgan fingerprint density at radius 3 is 0.980 bits per heavy atom. The SMILES string of the molecule is c1ccc(-c2ccc(-c3ccc(N(c4ccccc4)c4c(-c5ccc(-c6cccc(-c7ccc(N(c8cccc(-c9ccccc9)c8)c8c(-c9ccccc9-c9ccccc9)c9ccccc9c9ccccc89)c(-c8ccccc8)c7)c6)cc5)c5ccccc5c5ccccc45)cc3)cc2)cc1. The average molecular weight is 1300 g/mol. The van der Waals surface area contributed by atoms with Crippen molar-refractivity contribution >= 4 is 77.2 Å². The Kier molecular flexibility index (Phi) is 16.0. The number of hydrogen-bond donors (Lipinski definition) is 0. The van der Waals surface area contributed by atoms with Crippen LogP contribution >= 0.6 is 0 Å². The van der Waals surface area contributed by atoms with Crippen molar-refractivity contribution in [3.8, 4) is 100 Å². The first-order chi connectivity index (χ1) is 50.6. The molecule has 478 valence electrons. The van der Waals surface area contributed by atoms with E-state index in [0.29, 0.717) is 0 Å². The molecule has 18 rings (SSSR count). The molecule has 0 saturated carbocycles. The van der Waals surface area contributed by atoms with Crippen LogP contribution in [0.2, 0.25) is 0 Å². The van der Waals surface area contributed by atoms with Crippen LogP contribution in [0.4, 0.5) is 34.1 Å². The van der Waals surface area contributed by atoms with Crippen LogP contribution in [0.15, 0.2) is 413 Å². The summed E-state index contributed by atoms with van der Waals surface area (Å²) in [6, 6.07) is 151. The van der Waals surface area contributed by atoms with Crippen molar-refractivity contribution in [3.63, 3.8) is 0 Å². The fourth-order valence-electron chi connectivity index (χ4n) is 15.4. The molecule has 0 unspecified atom stereocenters. The maximum Gasteiger partial charge on any atom is 0.0625 e. The highest BCUT2D eigenvalue weighted by Gasteiger charge is 2.29. The third-order valence-electron chi connectivity index (χ3n) is 20.2. The van der Waals surface area contributed by atoms with Gasteiger partial charge in [-0.3, -0.25) is 0 Å². The molecule has 18 aromatic rings. The minimum Gasteiger partial charge on any atom is -0.309 e. The molecular weight excluding hydrogens is 1230 g/mol. The monoisotopic (exact) mass is 1300 g/mol. The molecule has 2 nitrogen and oxygen atoms in total. The molecule has 0 spiro atoms. The Bertz CT molecular complexity index is 6070. The first kappa shape index (κ1) is 61.0. The first-order valence-electron chi connectivity index (χ1n) is 35.1. The Balaban J connectivity index is 0.777. The summed E-state index contributed by atoms with van der Waals surface area (Å²) in [5.74, 6) is 0. The highest BCUT2D eigenvalue weighted by molar-refractivity contribution is 6.25. The predicted molar refractivity (Wildman–Crippen MR) is 435 cm³/mol.